The van der Waals surface area contributed by atoms with E-state index in [1.807, 2.05) is 41.5 Å². The molecule has 0 saturated carbocycles. The van der Waals surface area contributed by atoms with E-state index in [-0.39, 0.29) is 49.9 Å². The van der Waals surface area contributed by atoms with E-state index in [9.17, 15) is 58.5 Å². The van der Waals surface area contributed by atoms with E-state index >= 15 is 9.59 Å². The highest BCUT2D eigenvalue weighted by atomic mass is 16.3. The summed E-state index contributed by atoms with van der Waals surface area (Å²) in [6.45, 7) is 27.4. The minimum Gasteiger partial charge on any atom is -0.394 e. The van der Waals surface area contributed by atoms with Gasteiger partial charge in [0.1, 0.15) is 66.5 Å². The number of hydrogen-bond acceptors (Lipinski definition) is 14. The molecule has 0 radical (unpaired) electrons. The lowest BCUT2D eigenvalue weighted by atomic mass is 9.91. The molecule has 0 aromatic rings. The van der Waals surface area contributed by atoms with Crippen molar-refractivity contribution >= 4 is 65.0 Å². The topological polar surface area (TPSA) is 319 Å². The SMILES string of the molecule is CC=CCC(C)C(O)C1C(=O)NC(CC)C(=O)N(C)C(CO)C(=O)N(C)C(CC(C)(C)O)C(=O)NC(C(C)C)C(=O)N(C)C(CC(C)C)C(=O)NC(C)C(=O)NC(C)C(=O)N(C)C(CC(C)C)C(=O)N(C)C(CC(C)C)C(=O)N(C)C(C(C)C)C(=O)N1C. The molecule has 1 rings (SSSR count). The Kier molecular flexibility index (Phi) is 32.0. The van der Waals surface area contributed by atoms with Crippen LogP contribution in [0.1, 0.15) is 156 Å². The zero-order chi connectivity index (χ0) is 68.5. The second-order valence-corrected chi connectivity index (χ2v) is 26.9. The van der Waals surface area contributed by atoms with Crippen LogP contribution in [0, 0.1) is 35.5 Å². The van der Waals surface area contributed by atoms with Crippen molar-refractivity contribution in [2.75, 3.05) is 55.9 Å². The second-order valence-electron chi connectivity index (χ2n) is 26.9. The largest absolute Gasteiger partial charge is 0.394 e. The summed E-state index contributed by atoms with van der Waals surface area (Å²) in [5.41, 5.74) is -1.62. The van der Waals surface area contributed by atoms with E-state index in [0.717, 1.165) is 19.6 Å². The third kappa shape index (κ3) is 21.8. The molecular formula is C63H113N11O14. The first kappa shape index (κ1) is 79.8. The normalized spacial score (nSPS) is 27.4. The monoisotopic (exact) mass is 1250 g/mol. The zero-order valence-electron chi connectivity index (χ0n) is 57.5. The first-order chi connectivity index (χ1) is 40.5. The molecule has 88 heavy (non-hydrogen) atoms. The fourth-order valence-corrected chi connectivity index (χ4v) is 11.0. The van der Waals surface area contributed by atoms with Gasteiger partial charge >= 0.3 is 0 Å². The van der Waals surface area contributed by atoms with Gasteiger partial charge in [0.2, 0.25) is 65.0 Å². The Morgan fingerprint density at radius 2 is 0.886 bits per heavy atom. The number of hydrogen-bond donors (Lipinski definition) is 7. The smallest absolute Gasteiger partial charge is 0.248 e. The van der Waals surface area contributed by atoms with Crippen LogP contribution in [-0.4, -0.2) is 249 Å². The maximum atomic E-state index is 15.2. The summed E-state index contributed by atoms with van der Waals surface area (Å²) in [5.74, 6) is -11.1. The number of likely N-dealkylation sites (N-methyl/N-ethyl adjacent to an activating group) is 7. The van der Waals surface area contributed by atoms with Crippen LogP contribution in [0.25, 0.3) is 0 Å². The fraction of sp³-hybridized carbons (Fsp3) is 0.794. The van der Waals surface area contributed by atoms with Crippen molar-refractivity contribution in [3.8, 4) is 0 Å². The van der Waals surface area contributed by atoms with Crippen molar-refractivity contribution in [2.24, 2.45) is 35.5 Å². The first-order valence-corrected chi connectivity index (χ1v) is 31.2. The summed E-state index contributed by atoms with van der Waals surface area (Å²) in [7, 11) is 9.40. The summed E-state index contributed by atoms with van der Waals surface area (Å²) < 4.78 is 0. The Hall–Kier alpha value is -6.21. The average molecular weight is 1250 g/mol. The number of aliphatic hydroxyl groups excluding tert-OH is 2. The molecule has 13 atom stereocenters. The average Bonchev–Trinajstić information content (AvgIpc) is 2.21. The Morgan fingerprint density at radius 1 is 0.477 bits per heavy atom. The van der Waals surface area contributed by atoms with Gasteiger partial charge in [0.05, 0.1) is 18.3 Å². The molecule has 13 unspecified atom stereocenters. The molecule has 1 aliphatic rings. The molecule has 504 valence electrons. The predicted octanol–water partition coefficient (Wildman–Crippen LogP) is 1.74. The van der Waals surface area contributed by atoms with E-state index in [2.05, 4.69) is 21.3 Å². The molecular weight excluding hydrogens is 1130 g/mol. The lowest BCUT2D eigenvalue weighted by Gasteiger charge is -2.41. The molecule has 1 fully saturated rings. The van der Waals surface area contributed by atoms with Gasteiger partial charge in [0.25, 0.3) is 0 Å². The molecule has 0 aliphatic carbocycles. The maximum Gasteiger partial charge on any atom is 0.248 e. The summed E-state index contributed by atoms with van der Waals surface area (Å²) in [6.07, 6.45) is 2.07. The molecule has 1 aliphatic heterocycles. The Morgan fingerprint density at radius 3 is 1.33 bits per heavy atom. The van der Waals surface area contributed by atoms with Crippen molar-refractivity contribution in [2.45, 2.75) is 234 Å². The van der Waals surface area contributed by atoms with E-state index in [1.165, 1.54) is 91.7 Å². The van der Waals surface area contributed by atoms with Crippen LogP contribution < -0.4 is 21.3 Å². The summed E-state index contributed by atoms with van der Waals surface area (Å²) in [4.78, 5) is 169. The van der Waals surface area contributed by atoms with Gasteiger partial charge in [-0.3, -0.25) is 52.7 Å². The zero-order valence-corrected chi connectivity index (χ0v) is 57.5. The number of carbonyl (C=O) groups excluding carboxylic acids is 11. The van der Waals surface area contributed by atoms with Crippen molar-refractivity contribution in [3.05, 3.63) is 12.2 Å². The third-order valence-electron chi connectivity index (χ3n) is 16.6. The number of aliphatic hydroxyl groups is 3. The summed E-state index contributed by atoms with van der Waals surface area (Å²) >= 11 is 0. The van der Waals surface area contributed by atoms with E-state index < -0.39 is 174 Å². The standard InChI is InChI=1S/C63H113N11O14/c1-25-27-28-39(13)51(76)50-55(80)66-42(26-2)57(82)72(22)47(33-75)60(85)71(21)46(32-63(16,17)88)54(79)67-48(37(9)10)61(86)68(18)43(29-34(3)4)53(78)64-40(14)52(77)65-41(15)56(81)69(19)44(30-35(5)6)58(83)70(20)45(31-36(7)8)59(84)73(23)49(38(11)12)62(87)74(50)24/h25,27,34-51,75-76,88H,26,28-33H2,1-24H3,(H,64,78)(H,65,77)(H,66,80)(H,67,79). The number of amides is 11. The third-order valence-corrected chi connectivity index (χ3v) is 16.6. The van der Waals surface area contributed by atoms with Gasteiger partial charge in [0.15, 0.2) is 0 Å². The van der Waals surface area contributed by atoms with E-state index in [1.54, 1.807) is 60.6 Å². The molecule has 25 heteroatoms. The Labute approximate surface area is 524 Å². The van der Waals surface area contributed by atoms with Gasteiger partial charge in [-0.05, 0) is 102 Å². The molecule has 1 saturated heterocycles. The van der Waals surface area contributed by atoms with Crippen molar-refractivity contribution in [3.63, 3.8) is 0 Å². The number of allylic oxidation sites excluding steroid dienone is 2. The highest BCUT2D eigenvalue weighted by molar-refractivity contribution is 6.00. The van der Waals surface area contributed by atoms with Crippen molar-refractivity contribution < 1.29 is 68.1 Å². The Balaban J connectivity index is 4.45. The van der Waals surface area contributed by atoms with Gasteiger partial charge in [-0.25, -0.2) is 0 Å². The van der Waals surface area contributed by atoms with Crippen LogP contribution in [0.4, 0.5) is 0 Å². The van der Waals surface area contributed by atoms with E-state index in [0.29, 0.717) is 0 Å². The van der Waals surface area contributed by atoms with Crippen molar-refractivity contribution in [1.82, 2.24) is 55.6 Å². The highest BCUT2D eigenvalue weighted by Crippen LogP contribution is 2.26. The maximum absolute atomic E-state index is 15.2. The predicted molar refractivity (Wildman–Crippen MR) is 336 cm³/mol. The van der Waals surface area contributed by atoms with Gasteiger partial charge in [-0.15, -0.1) is 0 Å². The minimum absolute atomic E-state index is 0.0987. The van der Waals surface area contributed by atoms with E-state index in [4.69, 9.17) is 0 Å². The van der Waals surface area contributed by atoms with Crippen LogP contribution in [0.3, 0.4) is 0 Å². The lowest BCUT2D eigenvalue weighted by molar-refractivity contribution is -0.157. The molecule has 0 aromatic carbocycles. The summed E-state index contributed by atoms with van der Waals surface area (Å²) in [5, 5.41) is 44.9. The first-order valence-electron chi connectivity index (χ1n) is 31.2. The number of nitrogens with zero attached hydrogens (tertiary/aromatic N) is 7. The van der Waals surface area contributed by atoms with Gasteiger partial charge in [-0.1, -0.05) is 95.2 Å². The minimum atomic E-state index is -1.70. The van der Waals surface area contributed by atoms with Crippen molar-refractivity contribution in [1.29, 1.82) is 0 Å². The number of nitrogens with one attached hydrogen (secondary N) is 4. The number of carbonyl (C=O) groups is 11. The molecule has 0 spiro atoms. The molecule has 11 amide bonds. The lowest BCUT2D eigenvalue weighted by Crippen LogP contribution is -2.64. The van der Waals surface area contributed by atoms with Gasteiger partial charge in [0, 0.05) is 55.8 Å². The van der Waals surface area contributed by atoms with Crippen LogP contribution >= 0.6 is 0 Å². The highest BCUT2D eigenvalue weighted by Gasteiger charge is 2.46. The molecule has 25 nitrogen and oxygen atoms in total. The number of rotatable bonds is 16. The van der Waals surface area contributed by atoms with Crippen LogP contribution in [0.5, 0.6) is 0 Å². The van der Waals surface area contributed by atoms with Crippen LogP contribution in [0.2, 0.25) is 0 Å². The van der Waals surface area contributed by atoms with Crippen LogP contribution in [-0.2, 0) is 52.7 Å². The molecule has 0 aromatic heterocycles. The fourth-order valence-electron chi connectivity index (χ4n) is 11.0. The molecule has 0 bridgehead atoms. The molecule has 7 N–H and O–H groups in total. The summed E-state index contributed by atoms with van der Waals surface area (Å²) in [6, 6.07) is -15.1. The van der Waals surface area contributed by atoms with Gasteiger partial charge < -0.3 is 70.9 Å². The quantitative estimate of drug-likeness (QED) is 0.108. The van der Waals surface area contributed by atoms with Gasteiger partial charge in [-0.2, -0.15) is 0 Å². The Bertz CT molecular complexity index is 2430. The second kappa shape index (κ2) is 35.3. The molecule has 1 heterocycles. The van der Waals surface area contributed by atoms with Crippen LogP contribution in [0.15, 0.2) is 12.2 Å².